The third kappa shape index (κ3) is 5.67. The lowest BCUT2D eigenvalue weighted by Gasteiger charge is -2.07. The normalized spacial score (nSPS) is 11.8. The van der Waals surface area contributed by atoms with E-state index in [-0.39, 0.29) is 6.42 Å². The van der Waals surface area contributed by atoms with Crippen LogP contribution in [0.5, 0.6) is 0 Å². The molecule has 0 atom stereocenters. The van der Waals surface area contributed by atoms with E-state index in [1.165, 1.54) is 10.8 Å². The van der Waals surface area contributed by atoms with Crippen molar-refractivity contribution in [1.82, 2.24) is 4.57 Å². The standard InChI is InChI=1S/C32H30N3O2/c1-33-18-13-24(14-19-33)5-7-26-9-11-30-28(22-26)29-23-27(8-6-25-15-20-34(2)21-16-25)10-12-31(29)35(30)17-3-4-32(36)37/h5-16,18-23H,3-4,17H2,1-2H3/q+1/p+1. The second-order valence-electron chi connectivity index (χ2n) is 9.46. The Morgan fingerprint density at radius 2 is 1.14 bits per heavy atom. The van der Waals surface area contributed by atoms with Gasteiger partial charge in [0.05, 0.1) is 0 Å². The minimum absolute atomic E-state index is 0.159. The second-order valence-corrected chi connectivity index (χ2v) is 9.46. The molecule has 0 aliphatic heterocycles. The molecular formula is C32H31N3O2+2. The van der Waals surface area contributed by atoms with Crippen LogP contribution in [0.2, 0.25) is 0 Å². The van der Waals surface area contributed by atoms with Crippen LogP contribution in [-0.2, 0) is 25.4 Å². The summed E-state index contributed by atoms with van der Waals surface area (Å²) >= 11 is 0. The summed E-state index contributed by atoms with van der Waals surface area (Å²) in [6, 6.07) is 21.4. The Balaban J connectivity index is 1.54. The first-order valence-corrected chi connectivity index (χ1v) is 12.5. The minimum Gasteiger partial charge on any atom is -0.481 e. The van der Waals surface area contributed by atoms with Gasteiger partial charge in [-0.15, -0.1) is 0 Å². The van der Waals surface area contributed by atoms with Crippen molar-refractivity contribution < 1.29 is 19.0 Å². The Hall–Kier alpha value is -4.51. The lowest BCUT2D eigenvalue weighted by Crippen LogP contribution is -2.25. The topological polar surface area (TPSA) is 50.0 Å². The summed E-state index contributed by atoms with van der Waals surface area (Å²) in [5.74, 6) is -0.760. The number of carbonyl (C=O) groups is 1. The van der Waals surface area contributed by atoms with Gasteiger partial charge in [-0.05, 0) is 52.9 Å². The van der Waals surface area contributed by atoms with Gasteiger partial charge in [0.1, 0.15) is 14.1 Å². The zero-order chi connectivity index (χ0) is 25.8. The fourth-order valence-corrected chi connectivity index (χ4v) is 4.61. The van der Waals surface area contributed by atoms with Crippen LogP contribution >= 0.6 is 0 Å². The summed E-state index contributed by atoms with van der Waals surface area (Å²) in [4.78, 5) is 11.1. The number of rotatable bonds is 8. The van der Waals surface area contributed by atoms with Crippen molar-refractivity contribution in [3.63, 3.8) is 0 Å². The van der Waals surface area contributed by atoms with Crippen LogP contribution in [-0.4, -0.2) is 15.6 Å². The van der Waals surface area contributed by atoms with Crippen LogP contribution in [0.15, 0.2) is 85.5 Å². The summed E-state index contributed by atoms with van der Waals surface area (Å²) in [6.45, 7) is 0.665. The zero-order valence-corrected chi connectivity index (χ0v) is 21.2. The number of nitrogens with zero attached hydrogens (tertiary/aromatic N) is 3. The molecule has 0 saturated heterocycles. The summed E-state index contributed by atoms with van der Waals surface area (Å²) in [5.41, 5.74) is 6.81. The smallest absolute Gasteiger partial charge is 0.303 e. The molecule has 5 nitrogen and oxygen atoms in total. The Morgan fingerprint density at radius 3 is 1.57 bits per heavy atom. The molecule has 5 heteroatoms. The van der Waals surface area contributed by atoms with E-state index in [9.17, 15) is 4.79 Å². The summed E-state index contributed by atoms with van der Waals surface area (Å²) in [5, 5.41) is 11.5. The number of hydrogen-bond acceptors (Lipinski definition) is 1. The molecular weight excluding hydrogens is 458 g/mol. The van der Waals surface area contributed by atoms with E-state index in [1.54, 1.807) is 0 Å². The molecule has 0 unspecified atom stereocenters. The molecule has 5 aromatic rings. The van der Waals surface area contributed by atoms with Crippen LogP contribution < -0.4 is 9.13 Å². The van der Waals surface area contributed by atoms with Gasteiger partial charge in [0.2, 0.25) is 0 Å². The highest BCUT2D eigenvalue weighted by Gasteiger charge is 2.12. The van der Waals surface area contributed by atoms with Crippen LogP contribution in [0.25, 0.3) is 46.1 Å². The minimum atomic E-state index is -0.760. The van der Waals surface area contributed by atoms with Gasteiger partial charge in [-0.3, -0.25) is 4.79 Å². The SMILES string of the molecule is C[n+]1ccc(C=Cc2ccc3c(c2)c2cc(C=Cc4cc[n+](C)cc4)ccc2n3CCCC(=O)O)cc1. The van der Waals surface area contributed by atoms with Crippen molar-refractivity contribution in [2.45, 2.75) is 19.4 Å². The zero-order valence-electron chi connectivity index (χ0n) is 21.2. The lowest BCUT2D eigenvalue weighted by molar-refractivity contribution is -0.671. The number of benzene rings is 2. The molecule has 0 bridgehead atoms. The van der Waals surface area contributed by atoms with Crippen molar-refractivity contribution >= 4 is 52.1 Å². The third-order valence-corrected chi connectivity index (χ3v) is 6.63. The predicted octanol–water partition coefficient (Wildman–Crippen LogP) is 5.65. The maximum atomic E-state index is 11.1. The Labute approximate surface area is 216 Å². The molecule has 0 radical (unpaired) electrons. The van der Waals surface area contributed by atoms with E-state index in [0.717, 1.165) is 33.3 Å². The van der Waals surface area contributed by atoms with Crippen LogP contribution in [0.3, 0.4) is 0 Å². The third-order valence-electron chi connectivity index (χ3n) is 6.63. The fraction of sp³-hybridized carbons (Fsp3) is 0.156. The van der Waals surface area contributed by atoms with E-state index in [4.69, 9.17) is 5.11 Å². The number of carboxylic acids is 1. The van der Waals surface area contributed by atoms with Gasteiger partial charge in [-0.2, -0.15) is 0 Å². The number of carboxylic acid groups (broad SMARTS) is 1. The number of aliphatic carboxylic acids is 1. The quantitative estimate of drug-likeness (QED) is 0.287. The first kappa shape index (κ1) is 24.2. The number of aryl methyl sites for hydroxylation is 3. The monoisotopic (exact) mass is 489 g/mol. The number of fused-ring (bicyclic) bond motifs is 3. The van der Waals surface area contributed by atoms with E-state index in [0.29, 0.717) is 13.0 Å². The van der Waals surface area contributed by atoms with Crippen molar-refractivity contribution in [1.29, 1.82) is 0 Å². The van der Waals surface area contributed by atoms with Crippen LogP contribution in [0.4, 0.5) is 0 Å². The number of aromatic nitrogens is 3. The maximum absolute atomic E-state index is 11.1. The molecule has 0 amide bonds. The summed E-state index contributed by atoms with van der Waals surface area (Å²) < 4.78 is 6.29. The van der Waals surface area contributed by atoms with Gasteiger partial charge >= 0.3 is 5.97 Å². The second kappa shape index (κ2) is 10.6. The molecule has 0 spiro atoms. The van der Waals surface area contributed by atoms with Crippen LogP contribution in [0.1, 0.15) is 35.1 Å². The van der Waals surface area contributed by atoms with Crippen LogP contribution in [0, 0.1) is 0 Å². The molecule has 1 N–H and O–H groups in total. The highest BCUT2D eigenvalue weighted by atomic mass is 16.4. The molecule has 5 rings (SSSR count). The first-order valence-electron chi connectivity index (χ1n) is 12.5. The fourth-order valence-electron chi connectivity index (χ4n) is 4.61. The highest BCUT2D eigenvalue weighted by molar-refractivity contribution is 6.09. The van der Waals surface area contributed by atoms with Gasteiger partial charge in [-0.25, -0.2) is 9.13 Å². The molecule has 0 aliphatic carbocycles. The Bertz CT molecular complexity index is 1510. The Kier molecular flexibility index (Phi) is 6.95. The average Bonchev–Trinajstić information content (AvgIpc) is 3.20. The Morgan fingerprint density at radius 1 is 0.703 bits per heavy atom. The van der Waals surface area contributed by atoms with Gasteiger partial charge in [0.25, 0.3) is 0 Å². The van der Waals surface area contributed by atoms with Gasteiger partial charge in [0, 0.05) is 59.0 Å². The lowest BCUT2D eigenvalue weighted by atomic mass is 10.1. The van der Waals surface area contributed by atoms with Crippen molar-refractivity contribution in [2.75, 3.05) is 0 Å². The summed E-state index contributed by atoms with van der Waals surface area (Å²) in [6.07, 6.45) is 17.4. The summed E-state index contributed by atoms with van der Waals surface area (Å²) in [7, 11) is 4.02. The van der Waals surface area contributed by atoms with Crippen molar-refractivity contribution in [3.05, 3.63) is 108 Å². The molecule has 0 saturated carbocycles. The molecule has 0 fully saturated rings. The highest BCUT2D eigenvalue weighted by Crippen LogP contribution is 2.32. The van der Waals surface area contributed by atoms with Gasteiger partial charge < -0.3 is 9.67 Å². The molecule has 184 valence electrons. The molecule has 37 heavy (non-hydrogen) atoms. The molecule has 3 aromatic heterocycles. The van der Waals surface area contributed by atoms with E-state index in [1.807, 2.05) is 48.0 Å². The van der Waals surface area contributed by atoms with E-state index < -0.39 is 5.97 Å². The van der Waals surface area contributed by atoms with E-state index in [2.05, 4.69) is 89.5 Å². The van der Waals surface area contributed by atoms with Gasteiger partial charge in [0.15, 0.2) is 24.8 Å². The van der Waals surface area contributed by atoms with E-state index >= 15 is 0 Å². The molecule has 3 heterocycles. The number of hydrogen-bond donors (Lipinski definition) is 1. The number of pyridine rings is 2. The van der Waals surface area contributed by atoms with Gasteiger partial charge in [-0.1, -0.05) is 36.4 Å². The predicted molar refractivity (Wildman–Crippen MR) is 149 cm³/mol. The van der Waals surface area contributed by atoms with Crippen molar-refractivity contribution in [2.24, 2.45) is 14.1 Å². The van der Waals surface area contributed by atoms with Crippen molar-refractivity contribution in [3.8, 4) is 0 Å². The largest absolute Gasteiger partial charge is 0.481 e. The average molecular weight is 490 g/mol. The molecule has 0 aliphatic rings. The first-order chi connectivity index (χ1) is 18.0. The maximum Gasteiger partial charge on any atom is 0.303 e. The molecule has 2 aromatic carbocycles.